The summed E-state index contributed by atoms with van der Waals surface area (Å²) in [4.78, 5) is 12.2. The van der Waals surface area contributed by atoms with Crippen LogP contribution < -0.4 is 5.32 Å². The van der Waals surface area contributed by atoms with Crippen molar-refractivity contribution in [2.45, 2.75) is 25.9 Å². The molecule has 160 valence electrons. The van der Waals surface area contributed by atoms with Gasteiger partial charge in [-0.2, -0.15) is 13.2 Å². The van der Waals surface area contributed by atoms with Gasteiger partial charge in [0.2, 0.25) is 5.91 Å². The number of carbonyl (C=O) groups is 1. The number of allylic oxidation sites excluding steroid dienone is 1. The van der Waals surface area contributed by atoms with Crippen LogP contribution in [0, 0.1) is 0 Å². The third-order valence-corrected chi connectivity index (χ3v) is 4.61. The highest BCUT2D eigenvalue weighted by Gasteiger charge is 2.35. The molecule has 3 aromatic rings. The average Bonchev–Trinajstić information content (AvgIpc) is 2.77. The lowest BCUT2D eigenvalue weighted by atomic mass is 10.0. The lowest BCUT2D eigenvalue weighted by molar-refractivity contribution is -0.117. The molecule has 0 heterocycles. The highest BCUT2D eigenvalue weighted by molar-refractivity contribution is 5.96. The lowest BCUT2D eigenvalue weighted by Gasteiger charge is -2.13. The maximum absolute atomic E-state index is 13.4. The lowest BCUT2D eigenvalue weighted by Crippen LogP contribution is -2.23. The largest absolute Gasteiger partial charge is 0.417 e. The molecule has 6 heteroatoms. The van der Waals surface area contributed by atoms with Gasteiger partial charge in [0.15, 0.2) is 0 Å². The van der Waals surface area contributed by atoms with Crippen molar-refractivity contribution in [2.75, 3.05) is 0 Å². The minimum Gasteiger partial charge on any atom is -0.372 e. The summed E-state index contributed by atoms with van der Waals surface area (Å²) in [6.07, 6.45) is -4.04. The van der Waals surface area contributed by atoms with Gasteiger partial charge in [0, 0.05) is 12.6 Å². The predicted octanol–water partition coefficient (Wildman–Crippen LogP) is 5.67. The number of carbonyl (C=O) groups excluding carboxylic acids is 1. The smallest absolute Gasteiger partial charge is 0.372 e. The van der Waals surface area contributed by atoms with Crippen molar-refractivity contribution in [3.05, 3.63) is 113 Å². The van der Waals surface area contributed by atoms with Gasteiger partial charge in [-0.15, -0.1) is 0 Å². The fraction of sp³-hybridized carbons (Fsp3) is 0.160. The molecule has 3 aromatic carbocycles. The molecule has 3 rings (SSSR count). The number of nitrogens with one attached hydrogen (secondary N) is 1. The number of halogens is 3. The molecule has 0 atom stereocenters. The van der Waals surface area contributed by atoms with Crippen LogP contribution in [-0.2, 0) is 29.3 Å². The molecule has 31 heavy (non-hydrogen) atoms. The van der Waals surface area contributed by atoms with Crippen LogP contribution in [0.1, 0.15) is 22.3 Å². The summed E-state index contributed by atoms with van der Waals surface area (Å²) < 4.78 is 46.0. The molecule has 0 unspecified atom stereocenters. The van der Waals surface area contributed by atoms with E-state index in [1.165, 1.54) is 24.3 Å². The quantitative estimate of drug-likeness (QED) is 0.473. The van der Waals surface area contributed by atoms with Crippen LogP contribution in [0.25, 0.3) is 5.57 Å². The summed E-state index contributed by atoms with van der Waals surface area (Å²) >= 11 is 0. The van der Waals surface area contributed by atoms with Crippen LogP contribution in [0.3, 0.4) is 0 Å². The molecule has 0 aliphatic rings. The third-order valence-electron chi connectivity index (χ3n) is 4.61. The Morgan fingerprint density at radius 2 is 1.39 bits per heavy atom. The second-order valence-corrected chi connectivity index (χ2v) is 6.89. The zero-order valence-electron chi connectivity index (χ0n) is 16.7. The van der Waals surface area contributed by atoms with Crippen LogP contribution in [0.2, 0.25) is 0 Å². The van der Waals surface area contributed by atoms with E-state index >= 15 is 0 Å². The monoisotopic (exact) mass is 425 g/mol. The van der Waals surface area contributed by atoms with Crippen molar-refractivity contribution in [1.29, 1.82) is 0 Å². The van der Waals surface area contributed by atoms with Gasteiger partial charge in [-0.3, -0.25) is 4.79 Å². The molecule has 0 saturated heterocycles. The van der Waals surface area contributed by atoms with Crippen LogP contribution >= 0.6 is 0 Å². The van der Waals surface area contributed by atoms with Gasteiger partial charge < -0.3 is 10.1 Å². The van der Waals surface area contributed by atoms with Crippen molar-refractivity contribution in [3.8, 4) is 0 Å². The van der Waals surface area contributed by atoms with Gasteiger partial charge in [-0.25, -0.2) is 0 Å². The molecule has 1 N–H and O–H groups in total. The molecule has 0 saturated carbocycles. The summed E-state index contributed by atoms with van der Waals surface area (Å²) in [6, 6.07) is 24.3. The minimum absolute atomic E-state index is 0.0557. The van der Waals surface area contributed by atoms with Gasteiger partial charge in [0.25, 0.3) is 0 Å². The highest BCUT2D eigenvalue weighted by atomic mass is 19.4. The second-order valence-electron chi connectivity index (χ2n) is 6.89. The Balaban J connectivity index is 1.64. The number of benzene rings is 3. The van der Waals surface area contributed by atoms with Crippen LogP contribution in [0.4, 0.5) is 13.2 Å². The fourth-order valence-electron chi connectivity index (χ4n) is 3.03. The molecular formula is C25H22F3NO2. The predicted molar refractivity (Wildman–Crippen MR) is 114 cm³/mol. The van der Waals surface area contributed by atoms with Gasteiger partial charge in [0.1, 0.15) is 0 Å². The average molecular weight is 425 g/mol. The molecule has 0 aliphatic heterocycles. The third kappa shape index (κ3) is 6.83. The minimum atomic E-state index is -4.64. The summed E-state index contributed by atoms with van der Waals surface area (Å²) in [7, 11) is 0. The number of amides is 1. The fourth-order valence-corrected chi connectivity index (χ4v) is 3.03. The summed E-state index contributed by atoms with van der Waals surface area (Å²) in [6.45, 7) is 0.866. The van der Waals surface area contributed by atoms with E-state index in [0.717, 1.165) is 16.7 Å². The standard InChI is InChI=1S/C25H22F3NO2/c26-25(27,28)23(20-11-5-2-6-12-20)15-24(30)29-16-21-13-7-8-14-22(21)18-31-17-19-9-3-1-4-10-19/h1-15H,16-18H2,(H,29,30)/b23-15-. The first-order valence-corrected chi connectivity index (χ1v) is 9.74. The molecule has 0 aromatic heterocycles. The van der Waals surface area contributed by atoms with E-state index in [1.54, 1.807) is 6.07 Å². The Hall–Kier alpha value is -3.38. The molecule has 3 nitrogen and oxygen atoms in total. The van der Waals surface area contributed by atoms with E-state index in [2.05, 4.69) is 5.32 Å². The Labute approximate surface area is 179 Å². The van der Waals surface area contributed by atoms with E-state index in [4.69, 9.17) is 4.74 Å². The van der Waals surface area contributed by atoms with Gasteiger partial charge in [0.05, 0.1) is 18.8 Å². The van der Waals surface area contributed by atoms with E-state index in [9.17, 15) is 18.0 Å². The summed E-state index contributed by atoms with van der Waals surface area (Å²) in [5, 5.41) is 2.55. The van der Waals surface area contributed by atoms with Crippen molar-refractivity contribution in [1.82, 2.24) is 5.32 Å². The molecule has 0 spiro atoms. The highest BCUT2D eigenvalue weighted by Crippen LogP contribution is 2.33. The maximum atomic E-state index is 13.4. The first-order valence-electron chi connectivity index (χ1n) is 9.74. The Bertz CT molecular complexity index is 1020. The maximum Gasteiger partial charge on any atom is 0.417 e. The number of alkyl halides is 3. The van der Waals surface area contributed by atoms with Crippen molar-refractivity contribution in [2.24, 2.45) is 0 Å². The SMILES string of the molecule is O=C(/C=C(/c1ccccc1)C(F)(F)F)NCc1ccccc1COCc1ccccc1. The summed E-state index contributed by atoms with van der Waals surface area (Å²) in [5.74, 6) is -0.809. The summed E-state index contributed by atoms with van der Waals surface area (Å²) in [5.41, 5.74) is 1.65. The zero-order valence-corrected chi connectivity index (χ0v) is 16.7. The van der Waals surface area contributed by atoms with E-state index in [-0.39, 0.29) is 12.1 Å². The van der Waals surface area contributed by atoms with Gasteiger partial charge >= 0.3 is 6.18 Å². The Morgan fingerprint density at radius 1 is 0.806 bits per heavy atom. The van der Waals surface area contributed by atoms with E-state index < -0.39 is 17.7 Å². The second kappa shape index (κ2) is 10.6. The first kappa shape index (κ1) is 22.3. The first-order chi connectivity index (χ1) is 14.9. The molecule has 0 aliphatic carbocycles. The van der Waals surface area contributed by atoms with E-state index in [0.29, 0.717) is 19.3 Å². The Morgan fingerprint density at radius 3 is 2.03 bits per heavy atom. The normalized spacial score (nSPS) is 11.9. The topological polar surface area (TPSA) is 38.3 Å². The number of rotatable bonds is 8. The van der Waals surface area contributed by atoms with Gasteiger partial charge in [-0.05, 0) is 22.3 Å². The number of ether oxygens (including phenoxy) is 1. The molecule has 1 amide bonds. The number of hydrogen-bond donors (Lipinski definition) is 1. The van der Waals surface area contributed by atoms with Crippen LogP contribution in [0.5, 0.6) is 0 Å². The van der Waals surface area contributed by atoms with E-state index in [1.807, 2.05) is 54.6 Å². The van der Waals surface area contributed by atoms with Crippen LogP contribution in [0.15, 0.2) is 91.0 Å². The van der Waals surface area contributed by atoms with Gasteiger partial charge in [-0.1, -0.05) is 84.9 Å². The Kier molecular flexibility index (Phi) is 7.62. The van der Waals surface area contributed by atoms with Crippen LogP contribution in [-0.4, -0.2) is 12.1 Å². The van der Waals surface area contributed by atoms with Crippen molar-refractivity contribution < 1.29 is 22.7 Å². The number of hydrogen-bond acceptors (Lipinski definition) is 2. The molecule has 0 fully saturated rings. The zero-order chi connectivity index (χ0) is 22.1. The molecular weight excluding hydrogens is 403 g/mol. The van der Waals surface area contributed by atoms with Crippen molar-refractivity contribution in [3.63, 3.8) is 0 Å². The molecule has 0 radical (unpaired) electrons. The van der Waals surface area contributed by atoms with Crippen molar-refractivity contribution >= 4 is 11.5 Å². The molecule has 0 bridgehead atoms.